The first kappa shape index (κ1) is 20.2. The number of para-hydroxylation sites is 1. The summed E-state index contributed by atoms with van der Waals surface area (Å²) in [7, 11) is 0. The minimum absolute atomic E-state index is 0.0120. The SMILES string of the molecule is CC1=NN(C(=O)c2ccc(COc3ccccc3Cl)cc2)[C@](O)(C(F)(F)F)C1. The van der Waals surface area contributed by atoms with Crippen molar-refractivity contribution in [1.29, 1.82) is 0 Å². The summed E-state index contributed by atoms with van der Waals surface area (Å²) in [4.78, 5) is 12.5. The fourth-order valence-corrected chi connectivity index (χ4v) is 2.93. The fraction of sp³-hybridized carbons (Fsp3) is 0.263. The highest BCUT2D eigenvalue weighted by Crippen LogP contribution is 2.40. The molecule has 1 aliphatic rings. The summed E-state index contributed by atoms with van der Waals surface area (Å²) in [6.07, 6.45) is -5.82. The van der Waals surface area contributed by atoms with Gasteiger partial charge in [-0.25, -0.2) is 0 Å². The number of hydrazone groups is 1. The van der Waals surface area contributed by atoms with Gasteiger partial charge in [0.05, 0.1) is 5.02 Å². The Balaban J connectivity index is 1.74. The van der Waals surface area contributed by atoms with E-state index in [9.17, 15) is 23.1 Å². The molecule has 5 nitrogen and oxygen atoms in total. The standard InChI is InChI=1S/C19H16ClF3N2O3/c1-12-10-18(27,19(21,22)23)25(24-12)17(26)14-8-6-13(7-9-14)11-28-16-5-3-2-4-15(16)20/h2-9,27H,10-11H2,1H3/t18-/m1/s1. The molecular formula is C19H16ClF3N2O3. The maximum absolute atomic E-state index is 13.3. The van der Waals surface area contributed by atoms with Gasteiger partial charge in [0, 0.05) is 17.7 Å². The van der Waals surface area contributed by atoms with Gasteiger partial charge in [-0.05, 0) is 36.8 Å². The second-order valence-corrected chi connectivity index (χ2v) is 6.77. The topological polar surface area (TPSA) is 62.1 Å². The minimum Gasteiger partial charge on any atom is -0.487 e. The lowest BCUT2D eigenvalue weighted by Gasteiger charge is -2.32. The third-order valence-electron chi connectivity index (χ3n) is 4.20. The van der Waals surface area contributed by atoms with Gasteiger partial charge in [-0.3, -0.25) is 4.79 Å². The molecule has 28 heavy (non-hydrogen) atoms. The van der Waals surface area contributed by atoms with Crippen molar-refractivity contribution in [2.45, 2.75) is 31.9 Å². The van der Waals surface area contributed by atoms with E-state index in [0.29, 0.717) is 16.3 Å². The van der Waals surface area contributed by atoms with Crippen molar-refractivity contribution in [1.82, 2.24) is 5.01 Å². The second-order valence-electron chi connectivity index (χ2n) is 6.36. The molecule has 0 fully saturated rings. The highest BCUT2D eigenvalue weighted by Gasteiger charge is 2.62. The molecule has 0 spiro atoms. The minimum atomic E-state index is -5.04. The fourth-order valence-electron chi connectivity index (χ4n) is 2.74. The number of amides is 1. The number of hydrogen-bond donors (Lipinski definition) is 1. The third-order valence-corrected chi connectivity index (χ3v) is 4.51. The molecule has 2 aromatic carbocycles. The van der Waals surface area contributed by atoms with Crippen molar-refractivity contribution in [3.8, 4) is 5.75 Å². The molecule has 0 aliphatic carbocycles. The van der Waals surface area contributed by atoms with Gasteiger partial charge in [-0.15, -0.1) is 0 Å². The molecule has 1 heterocycles. The van der Waals surface area contributed by atoms with E-state index in [4.69, 9.17) is 16.3 Å². The number of carbonyl (C=O) groups excluding carboxylic acids is 1. The Morgan fingerprint density at radius 1 is 1.25 bits per heavy atom. The smallest absolute Gasteiger partial charge is 0.438 e. The van der Waals surface area contributed by atoms with Crippen molar-refractivity contribution in [3.05, 3.63) is 64.7 Å². The molecule has 1 aliphatic heterocycles. The number of benzene rings is 2. The van der Waals surface area contributed by atoms with Gasteiger partial charge in [0.25, 0.3) is 11.6 Å². The number of halogens is 4. The summed E-state index contributed by atoms with van der Waals surface area (Å²) in [6, 6.07) is 12.7. The van der Waals surface area contributed by atoms with E-state index < -0.39 is 24.2 Å². The Kier molecular flexibility index (Phi) is 5.36. The molecule has 0 radical (unpaired) electrons. The average molecular weight is 413 g/mol. The van der Waals surface area contributed by atoms with Crippen molar-refractivity contribution >= 4 is 23.2 Å². The van der Waals surface area contributed by atoms with E-state index in [-0.39, 0.29) is 22.9 Å². The van der Waals surface area contributed by atoms with Gasteiger partial charge >= 0.3 is 6.18 Å². The zero-order valence-corrected chi connectivity index (χ0v) is 15.5. The predicted molar refractivity (Wildman–Crippen MR) is 97.1 cm³/mol. The van der Waals surface area contributed by atoms with Crippen LogP contribution in [0.15, 0.2) is 53.6 Å². The monoisotopic (exact) mass is 412 g/mol. The molecule has 0 bridgehead atoms. The molecule has 0 saturated heterocycles. The van der Waals surface area contributed by atoms with Gasteiger partial charge in [-0.2, -0.15) is 23.3 Å². The zero-order valence-electron chi connectivity index (χ0n) is 14.7. The number of ether oxygens (including phenoxy) is 1. The number of rotatable bonds is 4. The van der Waals surface area contributed by atoms with Gasteiger partial charge in [0.15, 0.2) is 0 Å². The van der Waals surface area contributed by atoms with Gasteiger partial charge < -0.3 is 9.84 Å². The van der Waals surface area contributed by atoms with Crippen LogP contribution in [0.25, 0.3) is 0 Å². The summed E-state index contributed by atoms with van der Waals surface area (Å²) >= 11 is 6.00. The molecule has 9 heteroatoms. The van der Waals surface area contributed by atoms with Crippen LogP contribution in [-0.4, -0.2) is 33.6 Å². The Labute approximate surface area is 164 Å². The third kappa shape index (κ3) is 3.83. The number of carbonyl (C=O) groups is 1. The van der Waals surface area contributed by atoms with E-state index in [1.807, 2.05) is 0 Å². The van der Waals surface area contributed by atoms with E-state index in [1.165, 1.54) is 19.1 Å². The van der Waals surface area contributed by atoms with Crippen molar-refractivity contribution in [2.24, 2.45) is 5.10 Å². The first-order valence-electron chi connectivity index (χ1n) is 8.26. The lowest BCUT2D eigenvalue weighted by molar-refractivity contribution is -0.297. The van der Waals surface area contributed by atoms with Crippen LogP contribution in [-0.2, 0) is 6.61 Å². The Hall–Kier alpha value is -2.58. The highest BCUT2D eigenvalue weighted by atomic mass is 35.5. The highest BCUT2D eigenvalue weighted by molar-refractivity contribution is 6.32. The molecule has 0 unspecified atom stereocenters. The van der Waals surface area contributed by atoms with E-state index in [1.54, 1.807) is 36.4 Å². The predicted octanol–water partition coefficient (Wildman–Crippen LogP) is 4.39. The Morgan fingerprint density at radius 3 is 2.50 bits per heavy atom. The van der Waals surface area contributed by atoms with Crippen molar-refractivity contribution in [3.63, 3.8) is 0 Å². The molecule has 148 valence electrons. The Morgan fingerprint density at radius 2 is 1.89 bits per heavy atom. The summed E-state index contributed by atoms with van der Waals surface area (Å²) in [6.45, 7) is 1.48. The first-order valence-corrected chi connectivity index (χ1v) is 8.63. The first-order chi connectivity index (χ1) is 13.1. The zero-order chi connectivity index (χ0) is 20.5. The summed E-state index contributed by atoms with van der Waals surface area (Å²) < 4.78 is 45.4. The molecule has 1 N–H and O–H groups in total. The van der Waals surface area contributed by atoms with Crippen LogP contribution in [0.2, 0.25) is 5.02 Å². The van der Waals surface area contributed by atoms with Gasteiger partial charge in [0.1, 0.15) is 12.4 Å². The van der Waals surface area contributed by atoms with Crippen LogP contribution >= 0.6 is 11.6 Å². The Bertz CT molecular complexity index is 915. The van der Waals surface area contributed by atoms with E-state index in [2.05, 4.69) is 5.10 Å². The number of alkyl halides is 3. The van der Waals surface area contributed by atoms with E-state index >= 15 is 0 Å². The molecule has 3 rings (SSSR count). The maximum atomic E-state index is 13.3. The normalized spacial score (nSPS) is 19.5. The molecular weight excluding hydrogens is 397 g/mol. The van der Waals surface area contributed by atoms with Crippen LogP contribution in [0, 0.1) is 0 Å². The summed E-state index contributed by atoms with van der Waals surface area (Å²) in [5, 5.41) is 14.1. The maximum Gasteiger partial charge on any atom is 0.438 e. The summed E-state index contributed by atoms with van der Waals surface area (Å²) in [5.41, 5.74) is -2.69. The molecule has 0 saturated carbocycles. The van der Waals surface area contributed by atoms with Gasteiger partial charge in [-0.1, -0.05) is 35.9 Å². The molecule has 1 amide bonds. The lowest BCUT2D eigenvalue weighted by atomic mass is 10.1. The quantitative estimate of drug-likeness (QED) is 0.810. The lowest BCUT2D eigenvalue weighted by Crippen LogP contribution is -2.56. The molecule has 2 aromatic rings. The van der Waals surface area contributed by atoms with Crippen LogP contribution in [0.3, 0.4) is 0 Å². The van der Waals surface area contributed by atoms with Crippen LogP contribution < -0.4 is 4.74 Å². The largest absolute Gasteiger partial charge is 0.487 e. The molecule has 1 atom stereocenters. The molecule has 0 aromatic heterocycles. The van der Waals surface area contributed by atoms with Crippen LogP contribution in [0.4, 0.5) is 13.2 Å². The van der Waals surface area contributed by atoms with Crippen molar-refractivity contribution < 1.29 is 27.8 Å². The average Bonchev–Trinajstić information content (AvgIpc) is 2.96. The van der Waals surface area contributed by atoms with Crippen LogP contribution in [0.5, 0.6) is 5.75 Å². The van der Waals surface area contributed by atoms with Gasteiger partial charge in [0.2, 0.25) is 0 Å². The van der Waals surface area contributed by atoms with Crippen LogP contribution in [0.1, 0.15) is 29.3 Å². The van der Waals surface area contributed by atoms with Crippen molar-refractivity contribution in [2.75, 3.05) is 0 Å². The number of hydrogen-bond acceptors (Lipinski definition) is 4. The van der Waals surface area contributed by atoms with E-state index in [0.717, 1.165) is 0 Å². The number of nitrogens with zero attached hydrogens (tertiary/aromatic N) is 2. The summed E-state index contributed by atoms with van der Waals surface area (Å²) in [5.74, 6) is -0.559. The number of aliphatic hydroxyl groups is 1. The second kappa shape index (κ2) is 7.44.